The highest BCUT2D eigenvalue weighted by atomic mass is 32.2. The van der Waals surface area contributed by atoms with Gasteiger partial charge in [-0.3, -0.25) is 0 Å². The first-order valence-corrected chi connectivity index (χ1v) is 12.0. The smallest absolute Gasteiger partial charge is 0.220 e. The Morgan fingerprint density at radius 2 is 1.30 bits per heavy atom. The summed E-state index contributed by atoms with van der Waals surface area (Å²) in [6, 6.07) is 0. The summed E-state index contributed by atoms with van der Waals surface area (Å²) in [6.45, 7) is 5.71. The monoisotopic (exact) mass is 410 g/mol. The lowest BCUT2D eigenvalue weighted by molar-refractivity contribution is 0.321. The van der Waals surface area contributed by atoms with E-state index in [9.17, 15) is 0 Å². The van der Waals surface area contributed by atoms with Crippen molar-refractivity contribution in [2.75, 3.05) is 13.2 Å². The molecule has 2 nitrogen and oxygen atoms in total. The van der Waals surface area contributed by atoms with Crippen molar-refractivity contribution in [3.63, 3.8) is 0 Å². The first-order valence-electron chi connectivity index (χ1n) is 8.46. The number of thioether (sulfide) groups is 3. The number of fused-ring (bicyclic) bond motifs is 2. The van der Waals surface area contributed by atoms with E-state index in [-0.39, 0.29) is 0 Å². The van der Waals surface area contributed by atoms with Crippen LogP contribution in [-0.4, -0.2) is 43.0 Å². The number of hydrogen-bond acceptors (Lipinski definition) is 7. The first-order chi connectivity index (χ1) is 11.1. The molecule has 23 heavy (non-hydrogen) atoms. The van der Waals surface area contributed by atoms with Gasteiger partial charge in [-0.05, 0) is 63.0 Å². The van der Waals surface area contributed by atoms with Gasteiger partial charge in [-0.15, -0.1) is 0 Å². The van der Waals surface area contributed by atoms with Crippen LogP contribution in [0.3, 0.4) is 0 Å². The fourth-order valence-corrected chi connectivity index (χ4v) is 8.02. The maximum absolute atomic E-state index is 5.59. The maximum atomic E-state index is 5.59. The van der Waals surface area contributed by atoms with Crippen LogP contribution in [0.2, 0.25) is 0 Å². The minimum atomic E-state index is 0.620. The Kier molecular flexibility index (Phi) is 9.41. The van der Waals surface area contributed by atoms with E-state index >= 15 is 0 Å². The van der Waals surface area contributed by atoms with Crippen LogP contribution in [0.25, 0.3) is 0 Å². The van der Waals surface area contributed by atoms with Crippen molar-refractivity contribution in [2.45, 2.75) is 73.4 Å². The van der Waals surface area contributed by atoms with Gasteiger partial charge in [-0.25, -0.2) is 0 Å². The van der Waals surface area contributed by atoms with Crippen LogP contribution in [0.15, 0.2) is 0 Å². The number of ether oxygens (including phenoxy) is 2. The molecule has 2 aliphatic heterocycles. The van der Waals surface area contributed by atoms with Crippen LogP contribution in [0, 0.1) is 0 Å². The van der Waals surface area contributed by atoms with Gasteiger partial charge in [-0.1, -0.05) is 37.4 Å². The van der Waals surface area contributed by atoms with E-state index in [1.54, 1.807) is 23.5 Å². The Morgan fingerprint density at radius 3 is 1.70 bits per heavy atom. The zero-order valence-electron chi connectivity index (χ0n) is 13.8. The van der Waals surface area contributed by atoms with Crippen LogP contribution in [0.1, 0.15) is 52.4 Å². The zero-order chi connectivity index (χ0) is 16.7. The van der Waals surface area contributed by atoms with E-state index < -0.39 is 0 Å². The second-order valence-electron chi connectivity index (χ2n) is 5.88. The maximum Gasteiger partial charge on any atom is 0.220 e. The highest BCUT2D eigenvalue weighted by Crippen LogP contribution is 2.49. The quantitative estimate of drug-likeness (QED) is 0.518. The molecule has 0 radical (unpaired) electrons. The van der Waals surface area contributed by atoms with Crippen molar-refractivity contribution in [2.24, 2.45) is 0 Å². The molecule has 2 bridgehead atoms. The molecular weight excluding hydrogens is 385 g/mol. The largest absolute Gasteiger partial charge is 0.479 e. The minimum absolute atomic E-state index is 0.620. The highest BCUT2D eigenvalue weighted by Gasteiger charge is 2.40. The first kappa shape index (κ1) is 20.1. The molecule has 0 N–H and O–H groups in total. The topological polar surface area (TPSA) is 18.5 Å². The van der Waals surface area contributed by atoms with E-state index in [1.165, 1.54) is 25.7 Å². The van der Waals surface area contributed by atoms with E-state index in [4.69, 9.17) is 33.9 Å². The molecule has 0 saturated carbocycles. The zero-order valence-corrected chi connectivity index (χ0v) is 17.9. The standard InChI is InChI=1S/C16H26O2S5/c1-3-9-17-15(19)22-13-7-5-12-14(8-6-11(13)21-12)23-16(20)18-10-4-2/h11-14H,3-10H2,1-2H3. The number of hydrogen-bond donors (Lipinski definition) is 0. The molecule has 0 spiro atoms. The summed E-state index contributed by atoms with van der Waals surface area (Å²) in [7, 11) is 0. The lowest BCUT2D eigenvalue weighted by atomic mass is 9.98. The molecule has 7 heteroatoms. The lowest BCUT2D eigenvalue weighted by Gasteiger charge is -2.43. The molecule has 132 valence electrons. The lowest BCUT2D eigenvalue weighted by Crippen LogP contribution is -2.40. The summed E-state index contributed by atoms with van der Waals surface area (Å²) in [4.78, 5) is 0. The molecule has 2 heterocycles. The minimum Gasteiger partial charge on any atom is -0.479 e. The van der Waals surface area contributed by atoms with Gasteiger partial charge >= 0.3 is 0 Å². The summed E-state index contributed by atoms with van der Waals surface area (Å²) in [5.41, 5.74) is 0. The predicted molar refractivity (Wildman–Crippen MR) is 114 cm³/mol. The van der Waals surface area contributed by atoms with Gasteiger partial charge in [0, 0.05) is 21.0 Å². The molecular formula is C16H26O2S5. The van der Waals surface area contributed by atoms with Gasteiger partial charge in [0.05, 0.1) is 13.2 Å². The van der Waals surface area contributed by atoms with E-state index in [2.05, 4.69) is 25.6 Å². The SMILES string of the molecule is CCCOC(=S)SC1CCC2SC1CCC2SC(=S)OCCC. The van der Waals surface area contributed by atoms with Crippen LogP contribution >= 0.6 is 59.7 Å². The molecule has 0 aromatic carbocycles. The molecule has 2 fully saturated rings. The van der Waals surface area contributed by atoms with Crippen molar-refractivity contribution in [3.05, 3.63) is 0 Å². The average Bonchev–Trinajstić information content (AvgIpc) is 2.56. The summed E-state index contributed by atoms with van der Waals surface area (Å²) < 4.78 is 12.7. The highest BCUT2D eigenvalue weighted by molar-refractivity contribution is 8.24. The normalized spacial score (nSPS) is 29.8. The van der Waals surface area contributed by atoms with Gasteiger partial charge in [0.1, 0.15) is 0 Å². The molecule has 0 aliphatic carbocycles. The number of rotatable bonds is 6. The van der Waals surface area contributed by atoms with Gasteiger partial charge in [0.2, 0.25) is 8.77 Å². The average molecular weight is 411 g/mol. The van der Waals surface area contributed by atoms with Crippen molar-refractivity contribution in [1.29, 1.82) is 0 Å². The summed E-state index contributed by atoms with van der Waals surface area (Å²) in [5, 5.41) is 2.66. The third-order valence-electron chi connectivity index (χ3n) is 3.99. The summed E-state index contributed by atoms with van der Waals surface area (Å²) in [6.07, 6.45) is 7.02. The second-order valence-corrected chi connectivity index (χ2v) is 11.0. The Labute approximate surface area is 164 Å². The Hall–Kier alpha value is 0.830. The van der Waals surface area contributed by atoms with Crippen molar-refractivity contribution in [3.8, 4) is 0 Å². The molecule has 4 atom stereocenters. The van der Waals surface area contributed by atoms with Gasteiger partial charge in [0.15, 0.2) is 0 Å². The van der Waals surface area contributed by atoms with Crippen molar-refractivity contribution >= 4 is 68.5 Å². The second kappa shape index (κ2) is 10.7. The third kappa shape index (κ3) is 6.57. The molecule has 0 aromatic heterocycles. The fourth-order valence-electron chi connectivity index (χ4n) is 2.89. The van der Waals surface area contributed by atoms with Crippen LogP contribution in [0.5, 0.6) is 0 Å². The molecule has 0 aromatic rings. The number of thiocarbonyl (C=S) groups is 2. The van der Waals surface area contributed by atoms with Gasteiger partial charge in [-0.2, -0.15) is 11.8 Å². The van der Waals surface area contributed by atoms with Crippen LogP contribution in [0.4, 0.5) is 0 Å². The molecule has 2 aliphatic rings. The Morgan fingerprint density at radius 1 is 0.870 bits per heavy atom. The van der Waals surface area contributed by atoms with E-state index in [1.807, 2.05) is 0 Å². The van der Waals surface area contributed by atoms with E-state index in [0.29, 0.717) is 21.0 Å². The van der Waals surface area contributed by atoms with E-state index in [0.717, 1.165) is 34.8 Å². The molecule has 2 rings (SSSR count). The van der Waals surface area contributed by atoms with Crippen molar-refractivity contribution < 1.29 is 9.47 Å². The summed E-state index contributed by atoms with van der Waals surface area (Å²) >= 11 is 16.4. The van der Waals surface area contributed by atoms with Gasteiger partial charge in [0.25, 0.3) is 0 Å². The van der Waals surface area contributed by atoms with Crippen LogP contribution in [-0.2, 0) is 9.47 Å². The molecule has 2 saturated heterocycles. The molecule has 0 amide bonds. The summed E-state index contributed by atoms with van der Waals surface area (Å²) in [5.74, 6) is 0. The van der Waals surface area contributed by atoms with Crippen LogP contribution < -0.4 is 0 Å². The molecule has 4 unspecified atom stereocenters. The third-order valence-corrected chi connectivity index (χ3v) is 9.33. The van der Waals surface area contributed by atoms with Gasteiger partial charge < -0.3 is 9.47 Å². The fraction of sp³-hybridized carbons (Fsp3) is 0.875. The van der Waals surface area contributed by atoms with Crippen molar-refractivity contribution in [1.82, 2.24) is 0 Å². The Balaban J connectivity index is 1.76. The predicted octanol–water partition coefficient (Wildman–Crippen LogP) is 5.67. The Bertz CT molecular complexity index is 368.